The number of hydrogen-bond acceptors (Lipinski definition) is 5. The van der Waals surface area contributed by atoms with Crippen LogP contribution in [0.25, 0.3) is 0 Å². The van der Waals surface area contributed by atoms with E-state index < -0.39 is 23.8 Å². The molecule has 1 aromatic carbocycles. The zero-order chi connectivity index (χ0) is 23.0. The number of halogens is 3. The van der Waals surface area contributed by atoms with E-state index in [-0.39, 0.29) is 23.7 Å². The van der Waals surface area contributed by atoms with E-state index in [4.69, 9.17) is 14.2 Å². The molecule has 4 rings (SSSR count). The van der Waals surface area contributed by atoms with E-state index in [2.05, 4.69) is 6.92 Å². The van der Waals surface area contributed by atoms with E-state index >= 15 is 0 Å². The van der Waals surface area contributed by atoms with Crippen LogP contribution in [0.4, 0.5) is 18.9 Å². The van der Waals surface area contributed by atoms with Crippen LogP contribution in [-0.2, 0) is 14.3 Å². The van der Waals surface area contributed by atoms with Crippen molar-refractivity contribution in [3.05, 3.63) is 24.3 Å². The Bertz CT molecular complexity index is 814. The molecule has 2 heterocycles. The lowest BCUT2D eigenvalue weighted by molar-refractivity contribution is -0.161. The van der Waals surface area contributed by atoms with Gasteiger partial charge in [-0.15, -0.1) is 0 Å². The first-order chi connectivity index (χ1) is 15.0. The van der Waals surface area contributed by atoms with Gasteiger partial charge in [-0.2, -0.15) is 13.2 Å². The van der Waals surface area contributed by atoms with Crippen molar-refractivity contribution in [1.29, 1.82) is 0 Å². The molecule has 0 unspecified atom stereocenters. The summed E-state index contributed by atoms with van der Waals surface area (Å²) in [5.41, 5.74) is -0.740. The summed E-state index contributed by atoms with van der Waals surface area (Å²) in [6.07, 6.45) is -1.50. The summed E-state index contributed by atoms with van der Waals surface area (Å²) in [5, 5.41) is 10.9. The quantitative estimate of drug-likeness (QED) is 0.676. The van der Waals surface area contributed by atoms with Crippen LogP contribution in [0.15, 0.2) is 24.3 Å². The number of amides is 1. The zero-order valence-corrected chi connectivity index (χ0v) is 18.2. The Kier molecular flexibility index (Phi) is 6.19. The zero-order valence-electron chi connectivity index (χ0n) is 18.2. The van der Waals surface area contributed by atoms with Gasteiger partial charge in [-0.3, -0.25) is 4.79 Å². The molecule has 3 fully saturated rings. The second-order valence-electron chi connectivity index (χ2n) is 9.91. The molecule has 3 aliphatic rings. The molecule has 1 aromatic rings. The van der Waals surface area contributed by atoms with Gasteiger partial charge in [0.2, 0.25) is 5.91 Å². The standard InChI is InChI=1S/C23H30F3NO5/c1-20(12-30-13-20)14-31-15-22(29)8-6-21(7-9-22)10-11-27(19(21)28)17-2-4-18(5-3-17)32-16-23(24,25)26/h2-5,29H,6-16H2,1H3/t21-,22+. The second kappa shape index (κ2) is 8.50. The van der Waals surface area contributed by atoms with E-state index in [0.717, 1.165) is 0 Å². The van der Waals surface area contributed by atoms with Gasteiger partial charge in [0.15, 0.2) is 6.61 Å². The molecular weight excluding hydrogens is 427 g/mol. The Hall–Kier alpha value is -1.84. The van der Waals surface area contributed by atoms with E-state index in [9.17, 15) is 23.1 Å². The summed E-state index contributed by atoms with van der Waals surface area (Å²) in [5.74, 6) is 0.126. The van der Waals surface area contributed by atoms with Crippen molar-refractivity contribution < 1.29 is 37.3 Å². The van der Waals surface area contributed by atoms with Crippen LogP contribution < -0.4 is 9.64 Å². The van der Waals surface area contributed by atoms with Crippen LogP contribution >= 0.6 is 0 Å². The number of carbonyl (C=O) groups excluding carboxylic acids is 1. The number of carbonyl (C=O) groups is 1. The van der Waals surface area contributed by atoms with E-state index in [1.54, 1.807) is 17.0 Å². The molecule has 2 aliphatic heterocycles. The molecule has 1 amide bonds. The average Bonchev–Trinajstić information content (AvgIpc) is 3.04. The monoisotopic (exact) mass is 457 g/mol. The van der Waals surface area contributed by atoms with Crippen molar-refractivity contribution in [2.24, 2.45) is 10.8 Å². The fourth-order valence-corrected chi connectivity index (χ4v) is 4.78. The first kappa shape index (κ1) is 23.3. The van der Waals surface area contributed by atoms with Crippen molar-refractivity contribution in [3.8, 4) is 5.75 Å². The predicted molar refractivity (Wildman–Crippen MR) is 111 cm³/mol. The molecule has 2 saturated heterocycles. The number of aliphatic hydroxyl groups is 1. The maximum Gasteiger partial charge on any atom is 0.422 e. The van der Waals surface area contributed by atoms with Crippen LogP contribution in [0.3, 0.4) is 0 Å². The Morgan fingerprint density at radius 2 is 1.72 bits per heavy atom. The second-order valence-corrected chi connectivity index (χ2v) is 9.91. The van der Waals surface area contributed by atoms with Gasteiger partial charge in [-0.05, 0) is 56.4 Å². The molecule has 0 aromatic heterocycles. The minimum absolute atomic E-state index is 0.0172. The third-order valence-corrected chi connectivity index (χ3v) is 6.92. The van der Waals surface area contributed by atoms with Crippen LogP contribution in [0.2, 0.25) is 0 Å². The van der Waals surface area contributed by atoms with Crippen LogP contribution in [-0.4, -0.2) is 62.4 Å². The molecule has 9 heteroatoms. The van der Waals surface area contributed by atoms with Crippen molar-refractivity contribution in [2.75, 3.05) is 44.5 Å². The molecule has 0 bridgehead atoms. The number of benzene rings is 1. The SMILES string of the molecule is CC1(COC[C@]2(O)CC[C@]3(CCN(c4ccc(OCC(F)(F)F)cc4)C3=O)CC2)COC1. The molecule has 0 atom stereocenters. The Morgan fingerprint density at radius 3 is 2.28 bits per heavy atom. The largest absolute Gasteiger partial charge is 0.484 e. The fraction of sp³-hybridized carbons (Fsp3) is 0.696. The lowest BCUT2D eigenvalue weighted by Crippen LogP contribution is -2.48. The number of ether oxygens (including phenoxy) is 3. The summed E-state index contributed by atoms with van der Waals surface area (Å²) in [4.78, 5) is 14.9. The van der Waals surface area contributed by atoms with Crippen molar-refractivity contribution in [2.45, 2.75) is 50.8 Å². The lowest BCUT2D eigenvalue weighted by Gasteiger charge is -2.42. The number of alkyl halides is 3. The third kappa shape index (κ3) is 5.05. The summed E-state index contributed by atoms with van der Waals surface area (Å²) in [6.45, 7) is 3.46. The van der Waals surface area contributed by atoms with E-state index in [1.165, 1.54) is 12.1 Å². The van der Waals surface area contributed by atoms with Gasteiger partial charge >= 0.3 is 6.18 Å². The maximum absolute atomic E-state index is 13.2. The highest BCUT2D eigenvalue weighted by Crippen LogP contribution is 2.48. The molecule has 32 heavy (non-hydrogen) atoms. The number of nitrogens with zero attached hydrogens (tertiary/aromatic N) is 1. The summed E-state index contributed by atoms with van der Waals surface area (Å²) >= 11 is 0. The topological polar surface area (TPSA) is 68.2 Å². The Labute approximate surface area is 185 Å². The van der Waals surface area contributed by atoms with Crippen LogP contribution in [0.1, 0.15) is 39.0 Å². The van der Waals surface area contributed by atoms with Crippen LogP contribution in [0.5, 0.6) is 5.75 Å². The number of hydrogen-bond donors (Lipinski definition) is 1. The van der Waals surface area contributed by atoms with Gasteiger partial charge in [0.05, 0.1) is 37.4 Å². The smallest absolute Gasteiger partial charge is 0.422 e. The lowest BCUT2D eigenvalue weighted by atomic mass is 9.68. The predicted octanol–water partition coefficient (Wildman–Crippen LogP) is 3.71. The Morgan fingerprint density at radius 1 is 1.06 bits per heavy atom. The minimum Gasteiger partial charge on any atom is -0.484 e. The molecule has 0 radical (unpaired) electrons. The highest BCUT2D eigenvalue weighted by atomic mass is 19.4. The fourth-order valence-electron chi connectivity index (χ4n) is 4.78. The van der Waals surface area contributed by atoms with Crippen molar-refractivity contribution in [1.82, 2.24) is 0 Å². The highest BCUT2D eigenvalue weighted by Gasteiger charge is 2.51. The summed E-state index contributed by atoms with van der Waals surface area (Å²) in [7, 11) is 0. The molecular formula is C23H30F3NO5. The number of rotatable bonds is 7. The van der Waals surface area contributed by atoms with Gasteiger partial charge < -0.3 is 24.2 Å². The molecule has 1 saturated carbocycles. The van der Waals surface area contributed by atoms with E-state index in [1.807, 2.05) is 0 Å². The van der Waals surface area contributed by atoms with E-state index in [0.29, 0.717) is 64.2 Å². The average molecular weight is 457 g/mol. The minimum atomic E-state index is -4.40. The number of anilines is 1. The van der Waals surface area contributed by atoms with Gasteiger partial charge in [-0.25, -0.2) is 0 Å². The Balaban J connectivity index is 1.30. The molecule has 1 N–H and O–H groups in total. The molecule has 6 nitrogen and oxygen atoms in total. The van der Waals surface area contributed by atoms with Crippen molar-refractivity contribution in [3.63, 3.8) is 0 Å². The molecule has 1 spiro atoms. The summed E-state index contributed by atoms with van der Waals surface area (Å²) in [6, 6.07) is 6.12. The molecule has 1 aliphatic carbocycles. The van der Waals surface area contributed by atoms with Gasteiger partial charge in [0.1, 0.15) is 5.75 Å². The maximum atomic E-state index is 13.2. The van der Waals surface area contributed by atoms with Gasteiger partial charge in [0.25, 0.3) is 0 Å². The highest BCUT2D eigenvalue weighted by molar-refractivity contribution is 6.00. The molecule has 178 valence electrons. The van der Waals surface area contributed by atoms with Crippen LogP contribution in [0, 0.1) is 10.8 Å². The van der Waals surface area contributed by atoms with Gasteiger partial charge in [0, 0.05) is 17.6 Å². The normalized spacial score (nSPS) is 29.9. The first-order valence-electron chi connectivity index (χ1n) is 11.0. The van der Waals surface area contributed by atoms with Crippen molar-refractivity contribution >= 4 is 11.6 Å². The summed E-state index contributed by atoms with van der Waals surface area (Å²) < 4.78 is 52.7. The third-order valence-electron chi connectivity index (χ3n) is 6.92. The first-order valence-corrected chi connectivity index (χ1v) is 11.0. The van der Waals surface area contributed by atoms with Gasteiger partial charge in [-0.1, -0.05) is 6.92 Å².